The topological polar surface area (TPSA) is 89.4 Å². The number of aryl methyl sites for hydroxylation is 1. The average molecular weight is 332 g/mol. The van der Waals surface area contributed by atoms with Crippen molar-refractivity contribution in [1.29, 1.82) is 0 Å². The van der Waals surface area contributed by atoms with Gasteiger partial charge in [0.15, 0.2) is 0 Å². The fourth-order valence-corrected chi connectivity index (χ4v) is 2.62. The van der Waals surface area contributed by atoms with Crippen LogP contribution in [0.4, 0.5) is 0 Å². The molecular formula is C18H16N6O. The van der Waals surface area contributed by atoms with Gasteiger partial charge in [-0.05, 0) is 31.2 Å². The van der Waals surface area contributed by atoms with Gasteiger partial charge in [0.05, 0.1) is 10.9 Å². The molecule has 0 fully saturated rings. The highest BCUT2D eigenvalue weighted by Gasteiger charge is 2.16. The van der Waals surface area contributed by atoms with E-state index in [2.05, 4.69) is 25.4 Å². The summed E-state index contributed by atoms with van der Waals surface area (Å²) >= 11 is 0. The summed E-state index contributed by atoms with van der Waals surface area (Å²) in [5, 5.41) is 13.2. The van der Waals surface area contributed by atoms with Crippen molar-refractivity contribution in [1.82, 2.24) is 30.2 Å². The highest BCUT2D eigenvalue weighted by molar-refractivity contribution is 5.77. The number of tetrazole rings is 1. The Kier molecular flexibility index (Phi) is 3.61. The van der Waals surface area contributed by atoms with Gasteiger partial charge < -0.3 is 4.98 Å². The number of aromatic nitrogens is 6. The van der Waals surface area contributed by atoms with Gasteiger partial charge >= 0.3 is 0 Å². The molecule has 0 saturated carbocycles. The Balaban J connectivity index is 1.71. The van der Waals surface area contributed by atoms with Gasteiger partial charge in [0, 0.05) is 5.56 Å². The van der Waals surface area contributed by atoms with E-state index in [9.17, 15) is 4.79 Å². The number of benzene rings is 2. The molecule has 0 unspecified atom stereocenters. The molecular weight excluding hydrogens is 316 g/mol. The van der Waals surface area contributed by atoms with Crippen molar-refractivity contribution < 1.29 is 0 Å². The van der Waals surface area contributed by atoms with Crippen LogP contribution < -0.4 is 5.56 Å². The van der Waals surface area contributed by atoms with Gasteiger partial charge in [-0.2, -0.15) is 4.80 Å². The smallest absolute Gasteiger partial charge is 0.258 e. The van der Waals surface area contributed by atoms with Gasteiger partial charge in [0.25, 0.3) is 5.56 Å². The monoisotopic (exact) mass is 332 g/mol. The molecule has 4 rings (SSSR count). The van der Waals surface area contributed by atoms with Gasteiger partial charge in [-0.25, -0.2) is 4.98 Å². The van der Waals surface area contributed by atoms with Crippen LogP contribution in [0.1, 0.15) is 24.4 Å². The highest BCUT2D eigenvalue weighted by Crippen LogP contribution is 2.17. The fourth-order valence-electron chi connectivity index (χ4n) is 2.62. The standard InChI is InChI=1S/C18H16N6O/c1-11-7-9-13(10-8-11)17-21-23-24(22-17)12(2)16-19-15-6-4-3-5-14(15)18(25)20-16/h3-10,12H,1-2H3,(H,19,20,25)/t12-/m0/s1. The van der Waals surface area contributed by atoms with Crippen molar-refractivity contribution in [3.8, 4) is 11.4 Å². The molecule has 0 saturated heterocycles. The summed E-state index contributed by atoms with van der Waals surface area (Å²) in [5.41, 5.74) is 2.53. The van der Waals surface area contributed by atoms with Crippen LogP contribution in [-0.4, -0.2) is 30.2 Å². The maximum atomic E-state index is 12.2. The van der Waals surface area contributed by atoms with Crippen LogP contribution >= 0.6 is 0 Å². The maximum absolute atomic E-state index is 12.2. The molecule has 2 aromatic carbocycles. The first-order valence-corrected chi connectivity index (χ1v) is 7.97. The van der Waals surface area contributed by atoms with E-state index in [0.29, 0.717) is 22.6 Å². The van der Waals surface area contributed by atoms with Crippen molar-refractivity contribution in [2.24, 2.45) is 0 Å². The van der Waals surface area contributed by atoms with Crippen molar-refractivity contribution in [3.05, 3.63) is 70.3 Å². The molecule has 0 bridgehead atoms. The van der Waals surface area contributed by atoms with E-state index >= 15 is 0 Å². The molecule has 1 atom stereocenters. The van der Waals surface area contributed by atoms with Gasteiger partial charge in [-0.3, -0.25) is 4.79 Å². The largest absolute Gasteiger partial charge is 0.308 e. The normalized spacial score (nSPS) is 12.4. The lowest BCUT2D eigenvalue weighted by atomic mass is 10.1. The van der Waals surface area contributed by atoms with Crippen LogP contribution in [0.15, 0.2) is 53.3 Å². The predicted octanol–water partition coefficient (Wildman–Crippen LogP) is 2.49. The quantitative estimate of drug-likeness (QED) is 0.622. The van der Waals surface area contributed by atoms with Gasteiger partial charge in [-0.1, -0.05) is 42.0 Å². The molecule has 25 heavy (non-hydrogen) atoms. The van der Waals surface area contributed by atoms with Crippen LogP contribution in [0.5, 0.6) is 0 Å². The number of hydrogen-bond donors (Lipinski definition) is 1. The Morgan fingerprint density at radius 1 is 1.08 bits per heavy atom. The van der Waals surface area contributed by atoms with E-state index in [1.54, 1.807) is 6.07 Å². The molecule has 124 valence electrons. The van der Waals surface area contributed by atoms with Crippen LogP contribution in [0.2, 0.25) is 0 Å². The van der Waals surface area contributed by atoms with Gasteiger partial charge in [0.1, 0.15) is 11.9 Å². The minimum Gasteiger partial charge on any atom is -0.308 e. The first-order chi connectivity index (χ1) is 12.1. The zero-order chi connectivity index (χ0) is 17.4. The van der Waals surface area contributed by atoms with Crippen molar-refractivity contribution in [2.45, 2.75) is 19.9 Å². The molecule has 2 aromatic heterocycles. The Hall–Kier alpha value is -3.35. The summed E-state index contributed by atoms with van der Waals surface area (Å²) in [6.07, 6.45) is 0. The number of fused-ring (bicyclic) bond motifs is 1. The van der Waals surface area contributed by atoms with Gasteiger partial charge in [-0.15, -0.1) is 10.2 Å². The summed E-state index contributed by atoms with van der Waals surface area (Å²) in [4.78, 5) is 21.0. The second-order valence-corrected chi connectivity index (χ2v) is 5.94. The number of rotatable bonds is 3. The summed E-state index contributed by atoms with van der Waals surface area (Å²) in [6, 6.07) is 14.8. The number of H-pyrrole nitrogens is 1. The van der Waals surface area contributed by atoms with Crippen molar-refractivity contribution in [3.63, 3.8) is 0 Å². The minimum atomic E-state index is -0.344. The number of nitrogens with zero attached hydrogens (tertiary/aromatic N) is 5. The summed E-state index contributed by atoms with van der Waals surface area (Å²) in [6.45, 7) is 3.89. The minimum absolute atomic E-state index is 0.175. The molecule has 7 heteroatoms. The van der Waals surface area contributed by atoms with Crippen molar-refractivity contribution in [2.75, 3.05) is 0 Å². The van der Waals surface area contributed by atoms with Crippen molar-refractivity contribution >= 4 is 10.9 Å². The number of nitrogens with one attached hydrogen (secondary N) is 1. The van der Waals surface area contributed by atoms with E-state index < -0.39 is 0 Å². The van der Waals surface area contributed by atoms with Crippen LogP contribution in [0.3, 0.4) is 0 Å². The third-order valence-corrected chi connectivity index (χ3v) is 4.11. The summed E-state index contributed by atoms with van der Waals surface area (Å²) in [5.74, 6) is 1.03. The Bertz CT molecular complexity index is 1100. The van der Waals surface area contributed by atoms with Crippen LogP contribution in [0.25, 0.3) is 22.3 Å². The molecule has 0 aliphatic carbocycles. The zero-order valence-electron chi connectivity index (χ0n) is 13.8. The lowest BCUT2D eigenvalue weighted by Crippen LogP contribution is -2.19. The zero-order valence-corrected chi connectivity index (χ0v) is 13.8. The molecule has 0 aliphatic heterocycles. The van der Waals surface area contributed by atoms with Crippen LogP contribution in [0, 0.1) is 6.92 Å². The van der Waals surface area contributed by atoms with E-state index in [-0.39, 0.29) is 11.6 Å². The average Bonchev–Trinajstić information content (AvgIpc) is 3.12. The van der Waals surface area contributed by atoms with E-state index in [1.807, 2.05) is 56.3 Å². The number of aromatic amines is 1. The van der Waals surface area contributed by atoms with E-state index in [0.717, 1.165) is 5.56 Å². The summed E-state index contributed by atoms with van der Waals surface area (Å²) in [7, 11) is 0. The molecule has 0 amide bonds. The highest BCUT2D eigenvalue weighted by atomic mass is 16.1. The third-order valence-electron chi connectivity index (χ3n) is 4.11. The van der Waals surface area contributed by atoms with E-state index in [1.165, 1.54) is 10.4 Å². The maximum Gasteiger partial charge on any atom is 0.258 e. The number of para-hydroxylation sites is 1. The number of hydrogen-bond acceptors (Lipinski definition) is 5. The lowest BCUT2D eigenvalue weighted by Gasteiger charge is -2.09. The van der Waals surface area contributed by atoms with E-state index in [4.69, 9.17) is 0 Å². The molecule has 0 spiro atoms. The van der Waals surface area contributed by atoms with Crippen LogP contribution in [-0.2, 0) is 0 Å². The second-order valence-electron chi connectivity index (χ2n) is 5.94. The Morgan fingerprint density at radius 3 is 2.64 bits per heavy atom. The molecule has 1 N–H and O–H groups in total. The molecule has 4 aromatic rings. The predicted molar refractivity (Wildman–Crippen MR) is 94.2 cm³/mol. The Labute approximate surface area is 143 Å². The second kappa shape index (κ2) is 5.94. The van der Waals surface area contributed by atoms with Gasteiger partial charge in [0.2, 0.25) is 5.82 Å². The Morgan fingerprint density at radius 2 is 1.84 bits per heavy atom. The molecule has 0 aliphatic rings. The molecule has 7 nitrogen and oxygen atoms in total. The third kappa shape index (κ3) is 2.80. The summed E-state index contributed by atoms with van der Waals surface area (Å²) < 4.78 is 0. The molecule has 0 radical (unpaired) electrons. The molecule has 2 heterocycles. The first-order valence-electron chi connectivity index (χ1n) is 7.97. The SMILES string of the molecule is Cc1ccc(-c2nnn([C@@H](C)c3nc4ccccc4c(=O)[nH]3)n2)cc1. The first kappa shape index (κ1) is 15.2. The fraction of sp³-hybridized carbons (Fsp3) is 0.167. The lowest BCUT2D eigenvalue weighted by molar-refractivity contribution is 0.462.